The van der Waals surface area contributed by atoms with E-state index in [-0.39, 0.29) is 79.2 Å². The molecule has 17 nitrogen and oxygen atoms in total. The molecule has 322 valence electrons. The molecular formula is C40H63N9O8S. The number of thioether (sulfide) groups is 1. The summed E-state index contributed by atoms with van der Waals surface area (Å²) in [6.07, 6.45) is 11.3. The Morgan fingerprint density at radius 1 is 0.707 bits per heavy atom. The van der Waals surface area contributed by atoms with Gasteiger partial charge in [-0.2, -0.15) is 11.8 Å². The lowest BCUT2D eigenvalue weighted by Crippen LogP contribution is -2.51. The topological polar surface area (TPSA) is 240 Å². The smallest absolute Gasteiger partial charge is 0.315 e. The Morgan fingerprint density at radius 3 is 1.81 bits per heavy atom. The van der Waals surface area contributed by atoms with Crippen LogP contribution in [0, 0.1) is 0 Å². The highest BCUT2D eigenvalue weighted by molar-refractivity contribution is 8.00. The molecule has 0 spiro atoms. The fourth-order valence-electron chi connectivity index (χ4n) is 7.28. The van der Waals surface area contributed by atoms with Gasteiger partial charge in [0.2, 0.25) is 35.4 Å². The molecule has 0 aliphatic carbocycles. The van der Waals surface area contributed by atoms with Crippen molar-refractivity contribution in [2.45, 2.75) is 132 Å². The van der Waals surface area contributed by atoms with Gasteiger partial charge in [-0.25, -0.2) is 4.79 Å². The molecular weight excluding hydrogens is 767 g/mol. The molecule has 4 heterocycles. The molecule has 0 unspecified atom stereocenters. The summed E-state index contributed by atoms with van der Waals surface area (Å²) in [5, 5.41) is 31.3. The van der Waals surface area contributed by atoms with E-state index in [1.807, 2.05) is 11.8 Å². The second-order valence-corrected chi connectivity index (χ2v) is 16.5. The molecule has 0 bridgehead atoms. The predicted molar refractivity (Wildman–Crippen MR) is 219 cm³/mol. The Morgan fingerprint density at radius 2 is 1.22 bits per heavy atom. The zero-order chi connectivity index (χ0) is 41.5. The SMILES string of the molecule is O=C(CCCC[C@@H]1SC[C@@H]2NC(=O)N[C@@H]21)NCCCC(=O)NCCCC(=O)NCCCC(=O)NCCCCCC(=O)N[C@H](C(=O)N1CCCC1)[C@H](O)c1ccncc1. The Hall–Kier alpha value is -4.45. The molecule has 1 aromatic heterocycles. The van der Waals surface area contributed by atoms with Crippen LogP contribution < -0.4 is 37.2 Å². The molecule has 0 aromatic carbocycles. The van der Waals surface area contributed by atoms with Crippen LogP contribution in [0.3, 0.4) is 0 Å². The van der Waals surface area contributed by atoms with Crippen molar-refractivity contribution in [1.29, 1.82) is 0 Å². The number of hydrogen-bond donors (Lipinski definition) is 8. The van der Waals surface area contributed by atoms with Crippen molar-refractivity contribution >= 4 is 53.2 Å². The summed E-state index contributed by atoms with van der Waals surface area (Å²) in [6.45, 7) is 2.86. The summed E-state index contributed by atoms with van der Waals surface area (Å²) >= 11 is 1.87. The fourth-order valence-corrected chi connectivity index (χ4v) is 8.83. The Balaban J connectivity index is 0.914. The first kappa shape index (κ1) is 46.2. The summed E-state index contributed by atoms with van der Waals surface area (Å²) in [4.78, 5) is 91.6. The third kappa shape index (κ3) is 16.8. The Bertz CT molecular complexity index is 1500. The van der Waals surface area contributed by atoms with E-state index in [1.165, 1.54) is 12.4 Å². The van der Waals surface area contributed by atoms with E-state index in [0.29, 0.717) is 95.0 Å². The van der Waals surface area contributed by atoms with Crippen LogP contribution in [0.15, 0.2) is 24.5 Å². The summed E-state index contributed by atoms with van der Waals surface area (Å²) in [7, 11) is 0. The van der Waals surface area contributed by atoms with Crippen molar-refractivity contribution in [2.75, 3.05) is 45.0 Å². The molecule has 58 heavy (non-hydrogen) atoms. The molecule has 18 heteroatoms. The number of carbonyl (C=O) groups is 7. The minimum atomic E-state index is -1.19. The summed E-state index contributed by atoms with van der Waals surface area (Å²) in [6, 6.07) is 2.48. The number of aromatic nitrogens is 1. The lowest BCUT2D eigenvalue weighted by Gasteiger charge is -2.28. The first-order valence-electron chi connectivity index (χ1n) is 21.0. The van der Waals surface area contributed by atoms with Gasteiger partial charge in [-0.1, -0.05) is 12.8 Å². The van der Waals surface area contributed by atoms with Gasteiger partial charge in [-0.15, -0.1) is 0 Å². The second-order valence-electron chi connectivity index (χ2n) is 15.2. The molecule has 8 amide bonds. The van der Waals surface area contributed by atoms with Gasteiger partial charge in [0.1, 0.15) is 12.1 Å². The first-order chi connectivity index (χ1) is 28.1. The van der Waals surface area contributed by atoms with E-state index in [9.17, 15) is 38.7 Å². The maximum Gasteiger partial charge on any atom is 0.315 e. The molecule has 8 N–H and O–H groups in total. The van der Waals surface area contributed by atoms with Crippen molar-refractivity contribution in [3.05, 3.63) is 30.1 Å². The summed E-state index contributed by atoms with van der Waals surface area (Å²) in [5.74, 6) is -0.0859. The Kier molecular flexibility index (Phi) is 20.6. The van der Waals surface area contributed by atoms with Crippen molar-refractivity contribution < 1.29 is 38.7 Å². The van der Waals surface area contributed by atoms with Gasteiger partial charge in [0.25, 0.3) is 0 Å². The van der Waals surface area contributed by atoms with Gasteiger partial charge >= 0.3 is 6.03 Å². The van der Waals surface area contributed by atoms with Crippen LogP contribution in [-0.2, 0) is 28.8 Å². The van der Waals surface area contributed by atoms with Crippen molar-refractivity contribution in [3.8, 4) is 0 Å². The number of aliphatic hydroxyl groups excluding tert-OH is 1. The van der Waals surface area contributed by atoms with Crippen molar-refractivity contribution in [2.24, 2.45) is 0 Å². The third-order valence-corrected chi connectivity index (χ3v) is 12.1. The van der Waals surface area contributed by atoms with Crippen LogP contribution in [0.5, 0.6) is 0 Å². The minimum Gasteiger partial charge on any atom is -0.386 e. The van der Waals surface area contributed by atoms with Crippen LogP contribution in [0.2, 0.25) is 0 Å². The molecule has 4 rings (SSSR count). The van der Waals surface area contributed by atoms with Crippen molar-refractivity contribution in [3.63, 3.8) is 0 Å². The minimum absolute atomic E-state index is 0.0230. The van der Waals surface area contributed by atoms with Gasteiger partial charge in [-0.3, -0.25) is 33.8 Å². The molecule has 0 radical (unpaired) electrons. The van der Waals surface area contributed by atoms with Gasteiger partial charge in [0, 0.05) is 94.8 Å². The normalized spacial score (nSPS) is 19.3. The van der Waals surface area contributed by atoms with E-state index >= 15 is 0 Å². The first-order valence-corrected chi connectivity index (χ1v) is 22.1. The molecule has 3 fully saturated rings. The van der Waals surface area contributed by atoms with E-state index in [1.54, 1.807) is 17.0 Å². The van der Waals surface area contributed by atoms with Gasteiger partial charge in [0.05, 0.1) is 12.1 Å². The second kappa shape index (κ2) is 25.8. The average molecular weight is 830 g/mol. The van der Waals surface area contributed by atoms with Gasteiger partial charge < -0.3 is 47.2 Å². The number of pyridine rings is 1. The number of carbonyl (C=O) groups excluding carboxylic acids is 7. The van der Waals surface area contributed by atoms with Gasteiger partial charge in [-0.05, 0) is 75.5 Å². The largest absolute Gasteiger partial charge is 0.386 e. The van der Waals surface area contributed by atoms with Crippen LogP contribution in [-0.4, -0.2) is 125 Å². The number of unbranched alkanes of at least 4 members (excludes halogenated alkanes) is 3. The number of amides is 8. The number of hydrogen-bond acceptors (Lipinski definition) is 10. The van der Waals surface area contributed by atoms with Crippen LogP contribution in [0.25, 0.3) is 0 Å². The highest BCUT2D eigenvalue weighted by atomic mass is 32.2. The molecule has 3 aliphatic rings. The quantitative estimate of drug-likeness (QED) is 0.0468. The van der Waals surface area contributed by atoms with Crippen LogP contribution in [0.1, 0.15) is 114 Å². The number of nitrogens with zero attached hydrogens (tertiary/aromatic N) is 2. The lowest BCUT2D eigenvalue weighted by atomic mass is 10.0. The molecule has 3 saturated heterocycles. The Labute approximate surface area is 345 Å². The van der Waals surface area contributed by atoms with E-state index in [0.717, 1.165) is 37.9 Å². The lowest BCUT2D eigenvalue weighted by molar-refractivity contribution is -0.139. The molecule has 0 saturated carbocycles. The summed E-state index contributed by atoms with van der Waals surface area (Å²) in [5.41, 5.74) is 0.508. The van der Waals surface area contributed by atoms with Crippen LogP contribution in [0.4, 0.5) is 4.79 Å². The zero-order valence-electron chi connectivity index (χ0n) is 33.6. The maximum absolute atomic E-state index is 13.1. The highest BCUT2D eigenvalue weighted by Crippen LogP contribution is 2.33. The van der Waals surface area contributed by atoms with E-state index in [4.69, 9.17) is 0 Å². The van der Waals surface area contributed by atoms with E-state index < -0.39 is 12.1 Å². The highest BCUT2D eigenvalue weighted by Gasteiger charge is 2.42. The number of rotatable bonds is 27. The van der Waals surface area contributed by atoms with Crippen molar-refractivity contribution in [1.82, 2.24) is 47.1 Å². The number of nitrogens with one attached hydrogen (secondary N) is 7. The monoisotopic (exact) mass is 829 g/mol. The van der Waals surface area contributed by atoms with Crippen LogP contribution >= 0.6 is 11.8 Å². The number of likely N-dealkylation sites (tertiary alicyclic amines) is 1. The zero-order valence-corrected chi connectivity index (χ0v) is 34.4. The standard InChI is InChI=1S/C40H63N9O8S/c50-31(12-4-3-11-30-36-29(27-58-30)46-40(57)48-36)43-20-9-15-33(52)45-22-10-16-34(53)44-21-8-14-32(51)42-19-5-1-2-13-35(54)47-37(39(56)49-25-6-7-26-49)38(55)28-17-23-41-24-18-28/h17-18,23-24,29-30,36-38,55H,1-16,19-22,25-27H2,(H,42,51)(H,43,50)(H,44,53)(H,45,52)(H,47,54)(H2,46,48,57)/t29-,30-,36-,37-,38+/m0/s1. The average Bonchev–Trinajstić information content (AvgIpc) is 3.98. The predicted octanol–water partition coefficient (Wildman–Crippen LogP) is 1.31. The third-order valence-electron chi connectivity index (χ3n) is 10.6. The number of fused-ring (bicyclic) bond motifs is 1. The number of aliphatic hydroxyl groups is 1. The maximum atomic E-state index is 13.1. The molecule has 3 aliphatic heterocycles. The number of urea groups is 1. The summed E-state index contributed by atoms with van der Waals surface area (Å²) < 4.78 is 0. The van der Waals surface area contributed by atoms with E-state index in [2.05, 4.69) is 42.2 Å². The van der Waals surface area contributed by atoms with Gasteiger partial charge in [0.15, 0.2) is 0 Å². The molecule has 5 atom stereocenters. The molecule has 1 aromatic rings. The fraction of sp³-hybridized carbons (Fsp3) is 0.700.